The van der Waals surface area contributed by atoms with Crippen molar-refractivity contribution < 1.29 is 0 Å². The van der Waals surface area contributed by atoms with Crippen molar-refractivity contribution in [2.24, 2.45) is 4.99 Å². The monoisotopic (exact) mass is 477 g/mol. The molecule has 3 aromatic rings. The highest BCUT2D eigenvalue weighted by Gasteiger charge is 2.01. The molecule has 7 nitrogen and oxygen atoms in total. The Labute approximate surface area is 176 Å². The van der Waals surface area contributed by atoms with Crippen LogP contribution in [0, 0.1) is 0 Å². The molecule has 0 radical (unpaired) electrons. The summed E-state index contributed by atoms with van der Waals surface area (Å²) in [6.07, 6.45) is 9.85. The number of guanidine groups is 1. The van der Waals surface area contributed by atoms with Crippen LogP contribution in [0.5, 0.6) is 0 Å². The first-order valence-corrected chi connectivity index (χ1v) is 8.70. The predicted molar refractivity (Wildman–Crippen MR) is 118 cm³/mol. The van der Waals surface area contributed by atoms with E-state index in [4.69, 9.17) is 0 Å². The second kappa shape index (κ2) is 11.3. The van der Waals surface area contributed by atoms with Gasteiger partial charge in [-0.05, 0) is 30.7 Å². The van der Waals surface area contributed by atoms with Crippen LogP contribution in [-0.2, 0) is 13.0 Å². The first-order chi connectivity index (χ1) is 12.8. The molecule has 0 atom stereocenters. The Morgan fingerprint density at radius 3 is 2.70 bits per heavy atom. The topological polar surface area (TPSA) is 80.0 Å². The molecule has 0 saturated heterocycles. The average molecular weight is 477 g/mol. The van der Waals surface area contributed by atoms with E-state index in [1.54, 1.807) is 12.5 Å². The van der Waals surface area contributed by atoms with Crippen LogP contribution < -0.4 is 10.6 Å². The van der Waals surface area contributed by atoms with E-state index in [0.717, 1.165) is 42.5 Å². The van der Waals surface area contributed by atoms with Crippen LogP contribution in [0.3, 0.4) is 0 Å². The van der Waals surface area contributed by atoms with E-state index in [2.05, 4.69) is 37.5 Å². The maximum absolute atomic E-state index is 4.62. The largest absolute Gasteiger partial charge is 0.357 e. The molecule has 142 valence electrons. The lowest BCUT2D eigenvalue weighted by Gasteiger charge is -2.11. The normalized spacial score (nSPS) is 10.9. The third kappa shape index (κ3) is 6.63. The summed E-state index contributed by atoms with van der Waals surface area (Å²) >= 11 is 0. The molecular weight excluding hydrogens is 453 g/mol. The van der Waals surface area contributed by atoms with Gasteiger partial charge in [-0.25, -0.2) is 15.0 Å². The van der Waals surface area contributed by atoms with Gasteiger partial charge in [0.15, 0.2) is 5.96 Å². The van der Waals surface area contributed by atoms with Crippen LogP contribution in [0.4, 0.5) is 0 Å². The molecule has 2 N–H and O–H groups in total. The van der Waals surface area contributed by atoms with Crippen molar-refractivity contribution in [2.75, 3.05) is 13.1 Å². The number of hydrogen-bond acceptors (Lipinski definition) is 4. The van der Waals surface area contributed by atoms with Crippen LogP contribution >= 0.6 is 24.0 Å². The molecule has 27 heavy (non-hydrogen) atoms. The molecule has 3 heterocycles. The van der Waals surface area contributed by atoms with E-state index >= 15 is 0 Å². The molecule has 3 rings (SSSR count). The standard InChI is InChI=1S/C19H23N7.HI/c1-2-21-19(23-10-8-17-5-3-4-9-22-17)25-14-16-6-7-18(24-13-16)26-12-11-20-15-26;/h3-7,9,11-13,15H,2,8,10,14H2,1H3,(H2,21,23,25);1H. The van der Waals surface area contributed by atoms with Gasteiger partial charge in [0.1, 0.15) is 12.1 Å². The second-order valence-electron chi connectivity index (χ2n) is 5.69. The summed E-state index contributed by atoms with van der Waals surface area (Å²) in [7, 11) is 0. The summed E-state index contributed by atoms with van der Waals surface area (Å²) in [5, 5.41) is 6.60. The second-order valence-corrected chi connectivity index (χ2v) is 5.69. The lowest BCUT2D eigenvalue weighted by atomic mass is 10.3. The Morgan fingerprint density at radius 2 is 2.04 bits per heavy atom. The Kier molecular flexibility index (Phi) is 8.69. The van der Waals surface area contributed by atoms with Gasteiger partial charge in [-0.3, -0.25) is 9.55 Å². The Hall–Kier alpha value is -2.49. The zero-order chi connectivity index (χ0) is 18.0. The third-order valence-electron chi connectivity index (χ3n) is 3.74. The van der Waals surface area contributed by atoms with Gasteiger partial charge in [0.25, 0.3) is 0 Å². The molecule has 0 bridgehead atoms. The summed E-state index contributed by atoms with van der Waals surface area (Å²) in [6.45, 7) is 4.21. The third-order valence-corrected chi connectivity index (χ3v) is 3.74. The molecule has 8 heteroatoms. The zero-order valence-corrected chi connectivity index (χ0v) is 17.6. The van der Waals surface area contributed by atoms with Gasteiger partial charge in [0.05, 0.1) is 6.54 Å². The molecular formula is C19H24IN7. The zero-order valence-electron chi connectivity index (χ0n) is 15.2. The summed E-state index contributed by atoms with van der Waals surface area (Å²) in [6, 6.07) is 9.95. The molecule has 0 amide bonds. The molecule has 0 aliphatic rings. The fraction of sp³-hybridized carbons (Fsp3) is 0.263. The van der Waals surface area contributed by atoms with Crippen molar-refractivity contribution in [3.05, 3.63) is 72.7 Å². The number of halogens is 1. The van der Waals surface area contributed by atoms with Gasteiger partial charge in [-0.1, -0.05) is 12.1 Å². The molecule has 3 aromatic heterocycles. The Balaban J connectivity index is 0.00000261. The lowest BCUT2D eigenvalue weighted by Crippen LogP contribution is -2.38. The Bertz CT molecular complexity index is 802. The highest BCUT2D eigenvalue weighted by atomic mass is 127. The van der Waals surface area contributed by atoms with Crippen LogP contribution in [0.25, 0.3) is 5.82 Å². The number of nitrogens with one attached hydrogen (secondary N) is 2. The average Bonchev–Trinajstić information content (AvgIpc) is 3.22. The predicted octanol–water partition coefficient (Wildman–Crippen LogP) is 2.58. The van der Waals surface area contributed by atoms with Gasteiger partial charge in [-0.2, -0.15) is 0 Å². The fourth-order valence-corrected chi connectivity index (χ4v) is 2.42. The maximum atomic E-state index is 4.62. The van der Waals surface area contributed by atoms with Crippen molar-refractivity contribution in [3.8, 4) is 5.82 Å². The van der Waals surface area contributed by atoms with Crippen LogP contribution in [0.1, 0.15) is 18.2 Å². The molecule has 0 unspecified atom stereocenters. The van der Waals surface area contributed by atoms with E-state index in [1.165, 1.54) is 0 Å². The quantitative estimate of drug-likeness (QED) is 0.311. The van der Waals surface area contributed by atoms with E-state index < -0.39 is 0 Å². The maximum Gasteiger partial charge on any atom is 0.191 e. The van der Waals surface area contributed by atoms with Gasteiger partial charge in [-0.15, -0.1) is 24.0 Å². The van der Waals surface area contributed by atoms with E-state index in [9.17, 15) is 0 Å². The highest BCUT2D eigenvalue weighted by molar-refractivity contribution is 14.0. The number of hydrogen-bond donors (Lipinski definition) is 2. The fourth-order valence-electron chi connectivity index (χ4n) is 2.42. The molecule has 0 aromatic carbocycles. The van der Waals surface area contributed by atoms with Crippen molar-refractivity contribution in [3.63, 3.8) is 0 Å². The summed E-state index contributed by atoms with van der Waals surface area (Å²) in [5.74, 6) is 1.64. The van der Waals surface area contributed by atoms with Crippen LogP contribution in [0.2, 0.25) is 0 Å². The van der Waals surface area contributed by atoms with E-state index in [1.807, 2.05) is 53.5 Å². The molecule has 0 aliphatic heterocycles. The van der Waals surface area contributed by atoms with Crippen molar-refractivity contribution >= 4 is 29.9 Å². The van der Waals surface area contributed by atoms with Crippen molar-refractivity contribution in [2.45, 2.75) is 19.9 Å². The van der Waals surface area contributed by atoms with Crippen LogP contribution in [0.15, 0.2) is 66.4 Å². The molecule has 0 fully saturated rings. The van der Waals surface area contributed by atoms with Crippen molar-refractivity contribution in [1.82, 2.24) is 30.2 Å². The number of pyridine rings is 2. The number of rotatable bonds is 7. The molecule has 0 spiro atoms. The number of imidazole rings is 1. The van der Waals surface area contributed by atoms with E-state index in [-0.39, 0.29) is 24.0 Å². The lowest BCUT2D eigenvalue weighted by molar-refractivity contribution is 0.788. The van der Waals surface area contributed by atoms with Gasteiger partial charge < -0.3 is 10.6 Å². The first-order valence-electron chi connectivity index (χ1n) is 8.70. The number of aromatic nitrogens is 4. The summed E-state index contributed by atoms with van der Waals surface area (Å²) in [4.78, 5) is 17.4. The Morgan fingerprint density at radius 1 is 1.11 bits per heavy atom. The molecule has 0 aliphatic carbocycles. The number of nitrogens with zero attached hydrogens (tertiary/aromatic N) is 5. The minimum atomic E-state index is 0. The van der Waals surface area contributed by atoms with Gasteiger partial charge >= 0.3 is 0 Å². The summed E-state index contributed by atoms with van der Waals surface area (Å²) in [5.41, 5.74) is 2.12. The molecule has 0 saturated carbocycles. The van der Waals surface area contributed by atoms with Crippen molar-refractivity contribution in [1.29, 1.82) is 0 Å². The SMILES string of the molecule is CCNC(=NCc1ccc(-n2ccnc2)nc1)NCCc1ccccn1.I. The highest BCUT2D eigenvalue weighted by Crippen LogP contribution is 2.06. The number of aliphatic imine (C=N–C) groups is 1. The summed E-state index contributed by atoms with van der Waals surface area (Å²) < 4.78 is 1.87. The smallest absolute Gasteiger partial charge is 0.191 e. The van der Waals surface area contributed by atoms with E-state index in [0.29, 0.717) is 6.54 Å². The van der Waals surface area contributed by atoms with Gasteiger partial charge in [0.2, 0.25) is 0 Å². The van der Waals surface area contributed by atoms with Crippen LogP contribution in [-0.4, -0.2) is 38.6 Å². The minimum absolute atomic E-state index is 0. The minimum Gasteiger partial charge on any atom is -0.357 e. The van der Waals surface area contributed by atoms with Gasteiger partial charge in [0, 0.05) is 50.0 Å². The first kappa shape index (κ1) is 20.8.